The van der Waals surface area contributed by atoms with E-state index in [1.54, 1.807) is 26.4 Å². The molecule has 9 rings (SSSR count). The Balaban J connectivity index is 1.55. The monoisotopic (exact) mass is 682 g/mol. The highest BCUT2D eigenvalue weighted by atomic mass is 16.6. The van der Waals surface area contributed by atoms with Crippen molar-refractivity contribution in [1.29, 1.82) is 0 Å². The fourth-order valence-corrected chi connectivity index (χ4v) is 8.42. The zero-order valence-corrected chi connectivity index (χ0v) is 29.4. The maximum absolute atomic E-state index is 11.9. The highest BCUT2D eigenvalue weighted by molar-refractivity contribution is 6.21. The van der Waals surface area contributed by atoms with Gasteiger partial charge in [0.2, 0.25) is 11.0 Å². The van der Waals surface area contributed by atoms with Crippen molar-refractivity contribution in [3.05, 3.63) is 153 Å². The predicted molar refractivity (Wildman–Crippen MR) is 211 cm³/mol. The second kappa shape index (κ2) is 12.1. The van der Waals surface area contributed by atoms with E-state index in [4.69, 9.17) is 9.47 Å². The number of nitrogens with zero attached hydrogens (tertiary/aromatic N) is 3. The summed E-state index contributed by atoms with van der Waals surface area (Å²) in [6, 6.07) is 41.4. The molecule has 7 aromatic carbocycles. The number of nitro benzene ring substituents is 1. The largest absolute Gasteiger partial charge is 0.497 e. The first-order valence-electron chi connectivity index (χ1n) is 17.6. The van der Waals surface area contributed by atoms with Gasteiger partial charge < -0.3 is 14.0 Å². The molecule has 0 atom stereocenters. The Bertz CT molecular complexity index is 2920. The van der Waals surface area contributed by atoms with Crippen molar-refractivity contribution >= 4 is 60.3 Å². The number of aromatic nitrogens is 1. The van der Waals surface area contributed by atoms with E-state index in [0.29, 0.717) is 0 Å². The van der Waals surface area contributed by atoms with Gasteiger partial charge >= 0.3 is 0 Å². The van der Waals surface area contributed by atoms with E-state index in [-0.39, 0.29) is 10.6 Å². The van der Waals surface area contributed by atoms with Gasteiger partial charge in [-0.05, 0) is 119 Å². The van der Waals surface area contributed by atoms with Gasteiger partial charge in [0, 0.05) is 46.4 Å². The molecule has 0 unspecified atom stereocenters. The molecule has 254 valence electrons. The van der Waals surface area contributed by atoms with E-state index >= 15 is 0 Å². The van der Waals surface area contributed by atoms with Crippen LogP contribution in [-0.2, 0) is 6.54 Å². The molecule has 1 aliphatic heterocycles. The molecule has 0 N–H and O–H groups in total. The van der Waals surface area contributed by atoms with E-state index in [1.165, 1.54) is 22.2 Å². The quantitative estimate of drug-likeness (QED) is 0.0956. The lowest BCUT2D eigenvalue weighted by Gasteiger charge is -2.17. The van der Waals surface area contributed by atoms with Crippen molar-refractivity contribution < 1.29 is 14.4 Å². The Morgan fingerprint density at radius 3 is 2.08 bits per heavy atom. The number of ether oxygens (including phenoxy) is 2. The zero-order chi connectivity index (χ0) is 35.7. The minimum Gasteiger partial charge on any atom is -0.497 e. The normalized spacial score (nSPS) is 12.8. The third-order valence-electron chi connectivity index (χ3n) is 10.7. The van der Waals surface area contributed by atoms with Gasteiger partial charge in [-0.15, -0.1) is 0 Å². The molecule has 0 saturated carbocycles. The first-order valence-corrected chi connectivity index (χ1v) is 17.6. The maximum atomic E-state index is 11.9. The van der Waals surface area contributed by atoms with Crippen LogP contribution < -0.4 is 24.6 Å². The molecule has 0 saturated heterocycles. The molecule has 1 aliphatic rings. The van der Waals surface area contributed by atoms with E-state index < -0.39 is 0 Å². The van der Waals surface area contributed by atoms with Gasteiger partial charge in [-0.3, -0.25) is 10.1 Å². The molecule has 0 fully saturated rings. The van der Waals surface area contributed by atoms with Crippen molar-refractivity contribution in [1.82, 2.24) is 9.14 Å². The van der Waals surface area contributed by atoms with Crippen LogP contribution in [0, 0.1) is 10.1 Å². The van der Waals surface area contributed by atoms with Crippen molar-refractivity contribution in [2.45, 2.75) is 20.4 Å². The summed E-state index contributed by atoms with van der Waals surface area (Å²) in [6.45, 7) is 5.98. The van der Waals surface area contributed by atoms with Gasteiger partial charge in [-0.2, -0.15) is 4.58 Å². The summed E-state index contributed by atoms with van der Waals surface area (Å²) in [5, 5.41) is 20.7. The highest BCUT2D eigenvalue weighted by Crippen LogP contribution is 2.41. The molecule has 0 spiro atoms. The number of para-hydroxylation sites is 2. The number of benzene rings is 7. The lowest BCUT2D eigenvalue weighted by Crippen LogP contribution is -2.26. The first-order chi connectivity index (χ1) is 25.4. The molecular weight excluding hydrogens is 647 g/mol. The molecule has 8 aromatic rings. The minimum absolute atomic E-state index is 0.0511. The average Bonchev–Trinajstić information content (AvgIpc) is 3.70. The molecule has 1 aromatic heterocycles. The summed E-state index contributed by atoms with van der Waals surface area (Å²) in [6.07, 6.45) is 0. The number of hydrogen-bond donors (Lipinski definition) is 0. The second-order valence-corrected chi connectivity index (χ2v) is 13.2. The molecule has 52 heavy (non-hydrogen) atoms. The van der Waals surface area contributed by atoms with Crippen LogP contribution in [0.4, 0.5) is 11.4 Å². The third kappa shape index (κ3) is 4.55. The predicted octanol–water partition coefficient (Wildman–Crippen LogP) is 9.12. The van der Waals surface area contributed by atoms with E-state index in [0.717, 1.165) is 89.9 Å². The second-order valence-electron chi connectivity index (χ2n) is 13.2. The van der Waals surface area contributed by atoms with Crippen LogP contribution in [0.2, 0.25) is 0 Å². The molecule has 0 aliphatic carbocycles. The summed E-state index contributed by atoms with van der Waals surface area (Å²) in [4.78, 5) is 11.5. The van der Waals surface area contributed by atoms with Crippen molar-refractivity contribution in [3.63, 3.8) is 0 Å². The molecular formula is C45H36N3O4+. The number of methoxy groups -OCH3 is 2. The van der Waals surface area contributed by atoms with Crippen molar-refractivity contribution in [3.8, 4) is 22.6 Å². The molecule has 7 nitrogen and oxygen atoms in total. The summed E-state index contributed by atoms with van der Waals surface area (Å²) >= 11 is 0. The molecule has 2 heterocycles. The molecule has 0 radical (unpaired) electrons. The third-order valence-corrected chi connectivity index (χ3v) is 10.7. The van der Waals surface area contributed by atoms with Crippen LogP contribution in [0.15, 0.2) is 121 Å². The van der Waals surface area contributed by atoms with Gasteiger partial charge in [0.1, 0.15) is 18.0 Å². The average molecular weight is 683 g/mol. The summed E-state index contributed by atoms with van der Waals surface area (Å²) in [5.41, 5.74) is 8.77. The molecule has 7 heteroatoms. The molecule has 0 bridgehead atoms. The van der Waals surface area contributed by atoms with Crippen LogP contribution in [0.25, 0.3) is 60.1 Å². The van der Waals surface area contributed by atoms with Crippen LogP contribution >= 0.6 is 0 Å². The Morgan fingerprint density at radius 1 is 0.692 bits per heavy atom. The SMILES string of the molecule is CCn1c2ccccc2c2cc(C(c3ccc([N+](=O)[O-])cc3)=c3cc4c(c5cc(OC)ccc35)=[N+](CC)c3ccccc3-4)c3ccc(OC)cc3c21. The van der Waals surface area contributed by atoms with Gasteiger partial charge in [0.15, 0.2) is 0 Å². The lowest BCUT2D eigenvalue weighted by atomic mass is 9.87. The van der Waals surface area contributed by atoms with Crippen LogP contribution in [0.5, 0.6) is 11.5 Å². The lowest BCUT2D eigenvalue weighted by molar-refractivity contribution is -0.384. The van der Waals surface area contributed by atoms with Crippen LogP contribution in [-0.4, -0.2) is 30.3 Å². The number of non-ortho nitro benzene ring substituents is 1. The summed E-state index contributed by atoms with van der Waals surface area (Å²) < 4.78 is 16.4. The minimum atomic E-state index is -0.343. The fraction of sp³-hybridized carbons (Fsp3) is 0.133. The van der Waals surface area contributed by atoms with Crippen LogP contribution in [0.3, 0.4) is 0 Å². The number of fused-ring (bicyclic) bond motifs is 10. The van der Waals surface area contributed by atoms with Gasteiger partial charge in [0.05, 0.1) is 41.2 Å². The Morgan fingerprint density at radius 2 is 1.37 bits per heavy atom. The number of nitro groups is 1. The highest BCUT2D eigenvalue weighted by Gasteiger charge is 2.29. The molecule has 0 amide bonds. The van der Waals surface area contributed by atoms with E-state index in [2.05, 4.69) is 108 Å². The van der Waals surface area contributed by atoms with Crippen molar-refractivity contribution in [2.24, 2.45) is 0 Å². The fourth-order valence-electron chi connectivity index (χ4n) is 8.42. The Kier molecular flexibility index (Phi) is 7.33. The van der Waals surface area contributed by atoms with Gasteiger partial charge in [0.25, 0.3) is 5.69 Å². The maximum Gasteiger partial charge on any atom is 0.269 e. The number of rotatable bonds is 7. The smallest absolute Gasteiger partial charge is 0.269 e. The van der Waals surface area contributed by atoms with E-state index in [9.17, 15) is 10.1 Å². The van der Waals surface area contributed by atoms with Crippen LogP contribution in [0.1, 0.15) is 25.0 Å². The van der Waals surface area contributed by atoms with Crippen molar-refractivity contribution in [2.75, 3.05) is 20.8 Å². The number of hydrogen-bond acceptors (Lipinski definition) is 4. The van der Waals surface area contributed by atoms with Gasteiger partial charge in [-0.25, -0.2) is 0 Å². The van der Waals surface area contributed by atoms with Gasteiger partial charge in [-0.1, -0.05) is 30.3 Å². The Hall–Kier alpha value is -6.47. The summed E-state index contributed by atoms with van der Waals surface area (Å²) in [5.74, 6) is 1.56. The standard InChI is InChI=1S/C45H36N3O4/c1-5-46-41-13-9-7-11-33(41)39-25-35(31-21-19-29(51-3)23-37(31)44(39)46)43(27-15-17-28(18-16-27)48(49)50)36-26-40-34-12-8-10-14-42(34)47(6-2)45(40)38-24-30(52-4)20-22-32(36)38/h7-26H,5-6H2,1-4H3/q+1. The Labute approximate surface area is 300 Å². The summed E-state index contributed by atoms with van der Waals surface area (Å²) in [7, 11) is 3.41. The van der Waals surface area contributed by atoms with E-state index in [1.807, 2.05) is 24.3 Å². The topological polar surface area (TPSA) is 69.5 Å². The zero-order valence-electron chi connectivity index (χ0n) is 29.4. The number of aryl methyl sites for hydroxylation is 1. The first kappa shape index (κ1) is 31.5.